The van der Waals surface area contributed by atoms with E-state index in [4.69, 9.17) is 4.84 Å². The van der Waals surface area contributed by atoms with Gasteiger partial charge in [-0.3, -0.25) is 9.59 Å². The maximum Gasteiger partial charge on any atom is 0.416 e. The number of alkyl halides is 3. The van der Waals surface area contributed by atoms with E-state index < -0.39 is 17.6 Å². The number of carbonyl (C=O) groups is 2. The third kappa shape index (κ3) is 6.38. The van der Waals surface area contributed by atoms with Crippen LogP contribution in [0.2, 0.25) is 0 Å². The van der Waals surface area contributed by atoms with Gasteiger partial charge in [0.05, 0.1) is 5.56 Å². The molecule has 0 spiro atoms. The maximum atomic E-state index is 12.6. The van der Waals surface area contributed by atoms with Crippen molar-refractivity contribution in [2.75, 3.05) is 25.0 Å². The minimum Gasteiger partial charge on any atom is -0.386 e. The van der Waals surface area contributed by atoms with Gasteiger partial charge in [0.25, 0.3) is 11.8 Å². The van der Waals surface area contributed by atoms with E-state index in [2.05, 4.69) is 10.5 Å². The number of nitrogens with zero attached hydrogens (tertiary/aromatic N) is 2. The average molecular weight is 371 g/mol. The van der Waals surface area contributed by atoms with Crippen LogP contribution in [0.3, 0.4) is 0 Å². The van der Waals surface area contributed by atoms with Crippen molar-refractivity contribution < 1.29 is 27.6 Å². The van der Waals surface area contributed by atoms with Gasteiger partial charge >= 0.3 is 6.18 Å². The highest BCUT2D eigenvalue weighted by Gasteiger charge is 2.30. The zero-order chi connectivity index (χ0) is 19.0. The van der Waals surface area contributed by atoms with E-state index in [-0.39, 0.29) is 18.2 Å². The summed E-state index contributed by atoms with van der Waals surface area (Å²) in [5, 5.41) is 5.64. The Labute approximate surface area is 149 Å². The molecule has 1 saturated heterocycles. The summed E-state index contributed by atoms with van der Waals surface area (Å²) >= 11 is 0. The van der Waals surface area contributed by atoms with Crippen LogP contribution in [0.4, 0.5) is 18.9 Å². The lowest BCUT2D eigenvalue weighted by molar-refractivity contribution is -0.137. The predicted molar refractivity (Wildman–Crippen MR) is 89.6 cm³/mol. The molecule has 2 rings (SSSR count). The lowest BCUT2D eigenvalue weighted by atomic mass is 10.2. The zero-order valence-corrected chi connectivity index (χ0v) is 14.1. The Bertz CT molecular complexity index is 654. The molecule has 0 saturated carbocycles. The molecule has 26 heavy (non-hydrogen) atoms. The second-order valence-corrected chi connectivity index (χ2v) is 5.87. The Balaban J connectivity index is 1.78. The molecular weight excluding hydrogens is 351 g/mol. The van der Waals surface area contributed by atoms with Crippen molar-refractivity contribution in [3.63, 3.8) is 0 Å². The number of hydrogen-bond acceptors (Lipinski definition) is 4. The number of halogens is 3. The van der Waals surface area contributed by atoms with Crippen LogP contribution in [0, 0.1) is 0 Å². The van der Waals surface area contributed by atoms with Gasteiger partial charge in [0.1, 0.15) is 6.21 Å². The molecule has 1 fully saturated rings. The molecule has 1 aliphatic heterocycles. The smallest absolute Gasteiger partial charge is 0.386 e. The molecule has 0 radical (unpaired) electrons. The Kier molecular flexibility index (Phi) is 6.99. The zero-order valence-electron chi connectivity index (χ0n) is 14.1. The number of likely N-dealkylation sites (tertiary alicyclic amines) is 1. The Morgan fingerprint density at radius 3 is 2.54 bits per heavy atom. The summed E-state index contributed by atoms with van der Waals surface area (Å²) in [5.41, 5.74) is -0.886. The van der Waals surface area contributed by atoms with Gasteiger partial charge in [0.15, 0.2) is 6.61 Å². The highest BCUT2D eigenvalue weighted by atomic mass is 19.4. The number of anilines is 1. The van der Waals surface area contributed by atoms with Crippen LogP contribution in [0.25, 0.3) is 0 Å². The fraction of sp³-hybridized carbons (Fsp3) is 0.471. The first-order valence-electron chi connectivity index (χ1n) is 8.27. The minimum atomic E-state index is -4.49. The van der Waals surface area contributed by atoms with Gasteiger partial charge in [-0.05, 0) is 31.0 Å². The van der Waals surface area contributed by atoms with Crippen molar-refractivity contribution in [1.82, 2.24) is 4.90 Å². The van der Waals surface area contributed by atoms with Gasteiger partial charge in [-0.2, -0.15) is 13.2 Å². The largest absolute Gasteiger partial charge is 0.416 e. The number of rotatable bonds is 5. The van der Waals surface area contributed by atoms with E-state index >= 15 is 0 Å². The predicted octanol–water partition coefficient (Wildman–Crippen LogP) is 3.05. The highest BCUT2D eigenvalue weighted by Crippen LogP contribution is 2.30. The molecule has 0 aromatic heterocycles. The summed E-state index contributed by atoms with van der Waals surface area (Å²) in [4.78, 5) is 30.1. The van der Waals surface area contributed by atoms with Crippen LogP contribution < -0.4 is 5.32 Å². The molecule has 0 unspecified atom stereocenters. The molecule has 1 N–H and O–H groups in total. The van der Waals surface area contributed by atoms with Crippen LogP contribution in [0.15, 0.2) is 29.4 Å². The molecule has 2 amide bonds. The molecule has 1 heterocycles. The first-order chi connectivity index (χ1) is 12.4. The SMILES string of the molecule is O=C(/C=N/OCC(=O)N1CCCCCC1)Nc1cccc(C(F)(F)F)c1. The van der Waals surface area contributed by atoms with Crippen molar-refractivity contribution in [1.29, 1.82) is 0 Å². The normalized spacial score (nSPS) is 15.6. The Hall–Kier alpha value is -2.58. The van der Waals surface area contributed by atoms with Crippen molar-refractivity contribution in [3.05, 3.63) is 29.8 Å². The molecule has 6 nitrogen and oxygen atoms in total. The first-order valence-corrected chi connectivity index (χ1v) is 8.27. The summed E-state index contributed by atoms with van der Waals surface area (Å²) in [6.45, 7) is 1.08. The number of oxime groups is 1. The number of amides is 2. The summed E-state index contributed by atoms with van der Waals surface area (Å²) < 4.78 is 37.8. The third-order valence-electron chi connectivity index (χ3n) is 3.85. The second kappa shape index (κ2) is 9.21. The van der Waals surface area contributed by atoms with E-state index in [0.29, 0.717) is 13.1 Å². The Morgan fingerprint density at radius 2 is 1.88 bits per heavy atom. The number of nitrogens with one attached hydrogen (secondary N) is 1. The topological polar surface area (TPSA) is 71.0 Å². The van der Waals surface area contributed by atoms with Crippen molar-refractivity contribution in [2.45, 2.75) is 31.9 Å². The molecule has 142 valence electrons. The molecule has 0 aliphatic carbocycles. The van der Waals surface area contributed by atoms with Crippen molar-refractivity contribution >= 4 is 23.7 Å². The molecule has 0 atom stereocenters. The number of carbonyl (C=O) groups excluding carboxylic acids is 2. The second-order valence-electron chi connectivity index (χ2n) is 5.87. The van der Waals surface area contributed by atoms with E-state index in [1.807, 2.05) is 0 Å². The summed E-state index contributed by atoms with van der Waals surface area (Å²) in [6, 6.07) is 4.23. The molecule has 0 bridgehead atoms. The number of hydrogen-bond donors (Lipinski definition) is 1. The van der Waals surface area contributed by atoms with E-state index in [1.165, 1.54) is 12.1 Å². The number of benzene rings is 1. The Morgan fingerprint density at radius 1 is 1.19 bits per heavy atom. The summed E-state index contributed by atoms with van der Waals surface area (Å²) in [6.07, 6.45) is 0.376. The van der Waals surface area contributed by atoms with E-state index in [9.17, 15) is 22.8 Å². The summed E-state index contributed by atoms with van der Waals surface area (Å²) in [7, 11) is 0. The van der Waals surface area contributed by atoms with Crippen molar-refractivity contribution in [2.24, 2.45) is 5.16 Å². The van der Waals surface area contributed by atoms with Crippen LogP contribution >= 0.6 is 0 Å². The van der Waals surface area contributed by atoms with Gasteiger partial charge in [0, 0.05) is 18.8 Å². The maximum absolute atomic E-state index is 12.6. The first kappa shape index (κ1) is 19.7. The fourth-order valence-corrected chi connectivity index (χ4v) is 2.54. The monoisotopic (exact) mass is 371 g/mol. The lowest BCUT2D eigenvalue weighted by Gasteiger charge is -2.19. The van der Waals surface area contributed by atoms with Gasteiger partial charge < -0.3 is 15.1 Å². The van der Waals surface area contributed by atoms with Gasteiger partial charge in [-0.15, -0.1) is 0 Å². The third-order valence-corrected chi connectivity index (χ3v) is 3.85. The summed E-state index contributed by atoms with van der Waals surface area (Å²) in [5.74, 6) is -0.964. The van der Waals surface area contributed by atoms with E-state index in [0.717, 1.165) is 44.0 Å². The quantitative estimate of drug-likeness (QED) is 0.639. The molecule has 1 aliphatic rings. The van der Waals surface area contributed by atoms with E-state index in [1.54, 1.807) is 4.90 Å². The molecule has 1 aromatic rings. The van der Waals surface area contributed by atoms with Gasteiger partial charge in [-0.25, -0.2) is 0 Å². The van der Waals surface area contributed by atoms with Crippen LogP contribution in [0.5, 0.6) is 0 Å². The average Bonchev–Trinajstić information content (AvgIpc) is 2.87. The fourth-order valence-electron chi connectivity index (χ4n) is 2.54. The minimum absolute atomic E-state index is 0.0167. The lowest BCUT2D eigenvalue weighted by Crippen LogP contribution is -2.34. The standard InChI is InChI=1S/C17H20F3N3O3/c18-17(19,20)13-6-5-7-14(10-13)22-15(24)11-21-26-12-16(25)23-8-3-1-2-4-9-23/h5-7,10-11H,1-4,8-9,12H2,(H,22,24)/b21-11+. The van der Waals surface area contributed by atoms with Gasteiger partial charge in [0.2, 0.25) is 0 Å². The van der Waals surface area contributed by atoms with Crippen LogP contribution in [-0.2, 0) is 20.6 Å². The van der Waals surface area contributed by atoms with Crippen LogP contribution in [0.1, 0.15) is 31.2 Å². The van der Waals surface area contributed by atoms with Crippen LogP contribution in [-0.4, -0.2) is 42.6 Å². The molecular formula is C17H20F3N3O3. The molecule has 9 heteroatoms. The highest BCUT2D eigenvalue weighted by molar-refractivity contribution is 6.31. The van der Waals surface area contributed by atoms with Gasteiger partial charge in [-0.1, -0.05) is 24.1 Å². The molecule has 1 aromatic carbocycles. The van der Waals surface area contributed by atoms with Crippen molar-refractivity contribution in [3.8, 4) is 0 Å².